The molecule has 1 spiro atoms. The van der Waals surface area contributed by atoms with Gasteiger partial charge in [-0.15, -0.1) is 4.67 Å². The Hall–Kier alpha value is -4.12. The van der Waals surface area contributed by atoms with E-state index in [9.17, 15) is 14.2 Å². The second-order valence-electron chi connectivity index (χ2n) is 30.2. The van der Waals surface area contributed by atoms with Crippen LogP contribution in [0.5, 0.6) is 23.0 Å². The van der Waals surface area contributed by atoms with Crippen LogP contribution in [-0.2, 0) is 58.9 Å². The van der Waals surface area contributed by atoms with Gasteiger partial charge in [-0.1, -0.05) is 187 Å². The Kier molecular flexibility index (Phi) is 15.9. The van der Waals surface area contributed by atoms with Crippen LogP contribution in [0.25, 0.3) is 0 Å². The first kappa shape index (κ1) is 60.0. The Balaban J connectivity index is 1.03. The van der Waals surface area contributed by atoms with E-state index in [1.807, 2.05) is 42.5 Å². The maximum Gasteiger partial charge on any atom is 0.557 e. The topological polar surface area (TPSA) is 134 Å². The zero-order chi connectivity index (χ0) is 57.6. The summed E-state index contributed by atoms with van der Waals surface area (Å²) in [6.45, 7) is 43.9. The number of rotatable bonds is 14. The summed E-state index contributed by atoms with van der Waals surface area (Å²) in [5.74, 6) is -0.939. The quantitative estimate of drug-likeness (QED) is 0.0515. The summed E-state index contributed by atoms with van der Waals surface area (Å²) < 4.78 is 63.5. The molecule has 0 aromatic heterocycles. The molecule has 0 amide bonds. The molecule has 2 fully saturated rings. The van der Waals surface area contributed by atoms with Crippen LogP contribution >= 0.6 is 16.4 Å². The van der Waals surface area contributed by atoms with Crippen molar-refractivity contribution in [3.8, 4) is 23.0 Å². The maximum atomic E-state index is 14.6. The van der Waals surface area contributed by atoms with Gasteiger partial charge in [0.2, 0.25) is 0 Å². The molecule has 0 bridgehead atoms. The van der Waals surface area contributed by atoms with E-state index in [0.717, 1.165) is 53.5 Å². The van der Waals surface area contributed by atoms with Gasteiger partial charge in [-0.05, 0) is 116 Å². The van der Waals surface area contributed by atoms with E-state index in [0.29, 0.717) is 33.9 Å². The Morgan fingerprint density at radius 2 is 0.833 bits per heavy atom. The van der Waals surface area contributed by atoms with Crippen molar-refractivity contribution in [2.75, 3.05) is 19.8 Å². The maximum absolute atomic E-state index is 14.6. The van der Waals surface area contributed by atoms with E-state index in [4.69, 9.17) is 41.7 Å². The average Bonchev–Trinajstić information content (AvgIpc) is 3.83. The summed E-state index contributed by atoms with van der Waals surface area (Å²) in [6.07, 6.45) is 3.58. The Labute approximate surface area is 467 Å². The number of hydrogen-bond acceptors (Lipinski definition) is 12. The van der Waals surface area contributed by atoms with E-state index < -0.39 is 39.8 Å². The highest BCUT2D eigenvalue weighted by Gasteiger charge is 2.52. The summed E-state index contributed by atoms with van der Waals surface area (Å²) in [5.41, 5.74) is 4.72. The minimum atomic E-state index is -4.48. The number of esters is 2. The minimum absolute atomic E-state index is 0.00290. The molecule has 2 saturated heterocycles. The number of hydrogen-bond donors (Lipinski definition) is 0. The molecule has 3 atom stereocenters. The van der Waals surface area contributed by atoms with Crippen LogP contribution in [0.4, 0.5) is 0 Å². The van der Waals surface area contributed by atoms with E-state index in [1.165, 1.54) is 0 Å². The number of carbonyl (C=O) groups excluding carboxylic acids is 2. The fourth-order valence-electron chi connectivity index (χ4n) is 13.2. The number of phosphoric ester groups is 1. The van der Waals surface area contributed by atoms with Gasteiger partial charge in [0.25, 0.3) is 0 Å². The molecule has 0 saturated carbocycles. The molecule has 0 radical (unpaired) electrons. The molecular weight excluding hydrogens is 1020 g/mol. The molecule has 4 heterocycles. The lowest BCUT2D eigenvalue weighted by molar-refractivity contribution is -0.349. The van der Waals surface area contributed by atoms with E-state index in [-0.39, 0.29) is 74.9 Å². The molecule has 0 N–H and O–H groups in total. The monoisotopic (exact) mass is 1110 g/mol. The van der Waals surface area contributed by atoms with Crippen molar-refractivity contribution in [3.05, 3.63) is 117 Å². The van der Waals surface area contributed by atoms with Gasteiger partial charge < -0.3 is 18.5 Å². The van der Waals surface area contributed by atoms with Crippen molar-refractivity contribution in [2.24, 2.45) is 21.7 Å². The fraction of sp³-hybridized carbons (Fsp3) is 0.594. The summed E-state index contributed by atoms with van der Waals surface area (Å²) in [5, 5.41) is 0. The molecule has 426 valence electrons. The predicted octanol–water partition coefficient (Wildman–Crippen LogP) is 17.2. The summed E-state index contributed by atoms with van der Waals surface area (Å²) in [4.78, 5) is 34.2. The number of ether oxygens (including phenoxy) is 2. The van der Waals surface area contributed by atoms with Crippen LogP contribution in [-0.4, -0.2) is 37.4 Å². The second kappa shape index (κ2) is 20.7. The molecule has 4 aromatic rings. The zero-order valence-electron chi connectivity index (χ0n) is 50.3. The van der Waals surface area contributed by atoms with Gasteiger partial charge in [0, 0.05) is 22.3 Å². The SMILES string of the molecule is CC(C)(C)CC(C)(C)c1ccc2c(c1)C(c1cc(C(C)(C)CC(C)(C)C)ccc1OP1OCC3(CO1)COP(=O)(Oc1ccc(C(C)(C)CC(C)(C)C)cc1C1C(=O)Oc4ccc(C(C)(C)CC(C)(C)C)cc41)OO3)C(=O)O2. The number of carbonyl (C=O) groups is 2. The highest BCUT2D eigenvalue weighted by molar-refractivity contribution is 7.48. The van der Waals surface area contributed by atoms with Gasteiger partial charge in [-0.25, -0.2) is 9.45 Å². The largest absolute Gasteiger partial charge is 0.557 e. The first-order valence-corrected chi connectivity index (χ1v) is 30.3. The van der Waals surface area contributed by atoms with Gasteiger partial charge >= 0.3 is 28.4 Å². The average molecular weight is 1110 g/mol. The van der Waals surface area contributed by atoms with E-state index in [2.05, 4.69) is 163 Å². The van der Waals surface area contributed by atoms with Gasteiger partial charge in [-0.3, -0.25) is 23.2 Å². The van der Waals surface area contributed by atoms with Crippen LogP contribution in [0.3, 0.4) is 0 Å². The van der Waals surface area contributed by atoms with Crippen molar-refractivity contribution in [2.45, 2.75) is 203 Å². The first-order valence-electron chi connectivity index (χ1n) is 27.7. The smallest absolute Gasteiger partial charge is 0.426 e. The van der Waals surface area contributed by atoms with Crippen molar-refractivity contribution in [3.63, 3.8) is 0 Å². The lowest BCUT2D eigenvalue weighted by Crippen LogP contribution is -2.50. The molecule has 14 heteroatoms. The third-order valence-electron chi connectivity index (χ3n) is 15.2. The molecule has 78 heavy (non-hydrogen) atoms. The summed E-state index contributed by atoms with van der Waals surface area (Å²) in [7, 11) is -6.52. The van der Waals surface area contributed by atoms with E-state index >= 15 is 0 Å². The zero-order valence-corrected chi connectivity index (χ0v) is 52.1. The molecule has 4 aromatic carbocycles. The van der Waals surface area contributed by atoms with Crippen LogP contribution in [0.1, 0.15) is 221 Å². The molecule has 0 aliphatic carbocycles. The highest BCUT2D eigenvalue weighted by Crippen LogP contribution is 2.59. The minimum Gasteiger partial charge on any atom is -0.426 e. The highest BCUT2D eigenvalue weighted by atomic mass is 31.2. The Morgan fingerprint density at radius 1 is 0.487 bits per heavy atom. The van der Waals surface area contributed by atoms with Crippen molar-refractivity contribution >= 4 is 28.4 Å². The first-order chi connectivity index (χ1) is 35.7. The molecule has 3 unspecified atom stereocenters. The predicted molar refractivity (Wildman–Crippen MR) is 308 cm³/mol. The van der Waals surface area contributed by atoms with Crippen LogP contribution in [0.2, 0.25) is 0 Å². The van der Waals surface area contributed by atoms with Gasteiger partial charge in [0.15, 0.2) is 5.60 Å². The van der Waals surface area contributed by atoms with Gasteiger partial charge in [0.05, 0.1) is 19.8 Å². The van der Waals surface area contributed by atoms with Gasteiger partial charge in [-0.2, -0.15) is 0 Å². The van der Waals surface area contributed by atoms with Crippen LogP contribution < -0.4 is 18.5 Å². The third kappa shape index (κ3) is 13.6. The summed E-state index contributed by atoms with van der Waals surface area (Å²) >= 11 is 0. The standard InChI is InChI=1S/C64H88O12P2/c1-56(2,3)33-60(13,14)40-21-25-48-44(29-40)52(54(65)71-48)46-31-42(62(17,18)35-58(7,8)9)23-27-50(46)73-77-68-37-64(38-69-77)39-70-78(67,76-75-64)74-51-28-24-43(63(19,20)36-59(10,11)12)32-47(51)53-45-30-41(22-26-49(45)72-55(53)66)61(15,16)34-57(4,5)6/h21-32,52-53H,33-39H2,1-20H3. The van der Waals surface area contributed by atoms with Crippen molar-refractivity contribution in [1.29, 1.82) is 0 Å². The van der Waals surface area contributed by atoms with Crippen molar-refractivity contribution < 1.29 is 55.8 Å². The number of fused-ring (bicyclic) bond motifs is 2. The molecule has 4 aliphatic rings. The molecular formula is C64H88O12P2. The fourth-order valence-corrected chi connectivity index (χ4v) is 15.6. The molecule has 12 nitrogen and oxygen atoms in total. The molecule has 4 aliphatic heterocycles. The Morgan fingerprint density at radius 3 is 1.19 bits per heavy atom. The normalized spacial score (nSPS) is 23.5. The van der Waals surface area contributed by atoms with Crippen LogP contribution in [0.15, 0.2) is 72.8 Å². The lowest BCUT2D eigenvalue weighted by Gasteiger charge is -2.40. The number of phosphoric acid groups is 1. The third-order valence-corrected chi connectivity index (χ3v) is 17.4. The van der Waals surface area contributed by atoms with Crippen molar-refractivity contribution in [1.82, 2.24) is 0 Å². The van der Waals surface area contributed by atoms with Crippen LogP contribution in [0, 0.1) is 21.7 Å². The van der Waals surface area contributed by atoms with E-state index in [1.54, 1.807) is 6.07 Å². The second-order valence-corrected chi connectivity index (χ2v) is 32.8. The Bertz CT molecular complexity index is 2960. The number of benzene rings is 4. The van der Waals surface area contributed by atoms with Gasteiger partial charge in [0.1, 0.15) is 34.8 Å². The lowest BCUT2D eigenvalue weighted by atomic mass is 9.71. The summed E-state index contributed by atoms with van der Waals surface area (Å²) in [6, 6.07) is 23.7. The molecule has 8 rings (SSSR count).